The van der Waals surface area contributed by atoms with Crippen LogP contribution in [-0.2, 0) is 4.74 Å². The third-order valence-corrected chi connectivity index (χ3v) is 4.50. The van der Waals surface area contributed by atoms with Crippen molar-refractivity contribution in [3.05, 3.63) is 36.0 Å². The predicted octanol–water partition coefficient (Wildman–Crippen LogP) is 2.00. The molecule has 2 rings (SSSR count). The van der Waals surface area contributed by atoms with E-state index in [0.717, 1.165) is 6.42 Å². The molecule has 0 radical (unpaired) electrons. The van der Waals surface area contributed by atoms with Gasteiger partial charge in [-0.15, -0.1) is 0 Å². The molecule has 0 aromatic carbocycles. The minimum Gasteiger partial charge on any atom is -0.375 e. The minimum absolute atomic E-state index is 0.420. The molecule has 1 unspecified atom stereocenters. The van der Waals surface area contributed by atoms with Gasteiger partial charge in [0.25, 0.3) is 0 Å². The van der Waals surface area contributed by atoms with Crippen LogP contribution >= 0.6 is 0 Å². The lowest BCUT2D eigenvalue weighted by molar-refractivity contribution is -0.117. The van der Waals surface area contributed by atoms with Crippen molar-refractivity contribution in [3.63, 3.8) is 0 Å². The van der Waals surface area contributed by atoms with Gasteiger partial charge in [-0.05, 0) is 49.2 Å². The fourth-order valence-corrected chi connectivity index (χ4v) is 3.39. The van der Waals surface area contributed by atoms with E-state index in [0.29, 0.717) is 24.2 Å². The summed E-state index contributed by atoms with van der Waals surface area (Å²) in [6.45, 7) is 2.76. The first kappa shape index (κ1) is 16.4. The summed E-state index contributed by atoms with van der Waals surface area (Å²) in [5.74, 6) is 0. The van der Waals surface area contributed by atoms with Gasteiger partial charge in [0.15, 0.2) is 0 Å². The first-order chi connectivity index (χ1) is 10.0. The summed E-state index contributed by atoms with van der Waals surface area (Å²) in [6, 6.07) is 0.434. The summed E-state index contributed by atoms with van der Waals surface area (Å²) in [5, 5.41) is 8.95. The molecular weight excluding hydrogens is 264 g/mol. The van der Waals surface area contributed by atoms with Crippen molar-refractivity contribution in [1.29, 1.82) is 0 Å². The third kappa shape index (κ3) is 4.78. The number of aliphatic hydroxyl groups excluding tert-OH is 1. The number of hydrogen-bond donors (Lipinski definition) is 3. The van der Waals surface area contributed by atoms with Crippen LogP contribution < -0.4 is 11.5 Å². The monoisotopic (exact) mass is 292 g/mol. The molecule has 21 heavy (non-hydrogen) atoms. The summed E-state index contributed by atoms with van der Waals surface area (Å²) in [5.41, 5.74) is 12.8. The zero-order chi connectivity index (χ0) is 15.3. The smallest absolute Gasteiger partial charge is 0.121 e. The molecule has 0 heterocycles. The molecule has 0 aliphatic heterocycles. The Morgan fingerprint density at radius 1 is 1.38 bits per heavy atom. The number of aliphatic hydroxyl groups is 1. The van der Waals surface area contributed by atoms with E-state index in [9.17, 15) is 0 Å². The predicted molar refractivity (Wildman–Crippen MR) is 85.5 cm³/mol. The van der Waals surface area contributed by atoms with Gasteiger partial charge in [-0.1, -0.05) is 31.2 Å². The van der Waals surface area contributed by atoms with Crippen molar-refractivity contribution in [3.8, 4) is 0 Å². The Kier molecular flexibility index (Phi) is 5.76. The lowest BCUT2D eigenvalue weighted by Crippen LogP contribution is -2.55. The lowest BCUT2D eigenvalue weighted by Gasteiger charge is -2.56. The van der Waals surface area contributed by atoms with Crippen LogP contribution in [0.5, 0.6) is 0 Å². The maximum Gasteiger partial charge on any atom is 0.121 e. The van der Waals surface area contributed by atoms with Crippen LogP contribution in [0.15, 0.2) is 36.0 Å². The van der Waals surface area contributed by atoms with Crippen LogP contribution in [0.2, 0.25) is 0 Å². The normalized spacial score (nSPS) is 34.4. The second kappa shape index (κ2) is 7.36. The zero-order valence-electron chi connectivity index (χ0n) is 12.9. The largest absolute Gasteiger partial charge is 0.375 e. The van der Waals surface area contributed by atoms with E-state index < -0.39 is 6.23 Å². The fourth-order valence-electron chi connectivity index (χ4n) is 3.39. The molecule has 0 bridgehead atoms. The molecule has 2 aliphatic carbocycles. The van der Waals surface area contributed by atoms with Crippen molar-refractivity contribution in [2.45, 2.75) is 57.4 Å². The summed E-state index contributed by atoms with van der Waals surface area (Å²) in [6.07, 6.45) is 14.6. The second-order valence-electron chi connectivity index (χ2n) is 6.40. The average molecular weight is 292 g/mol. The number of hydrogen-bond acceptors (Lipinski definition) is 4. The molecule has 0 aromatic rings. The molecule has 118 valence electrons. The Balaban J connectivity index is 1.63. The molecule has 1 spiro atoms. The fraction of sp³-hybridized carbons (Fsp3) is 0.647. The summed E-state index contributed by atoms with van der Waals surface area (Å²) in [7, 11) is 0. The van der Waals surface area contributed by atoms with E-state index >= 15 is 0 Å². The first-order valence-corrected chi connectivity index (χ1v) is 7.88. The third-order valence-electron chi connectivity index (χ3n) is 4.50. The second-order valence-corrected chi connectivity index (χ2v) is 6.40. The zero-order valence-corrected chi connectivity index (χ0v) is 12.9. The van der Waals surface area contributed by atoms with Crippen molar-refractivity contribution in [2.75, 3.05) is 6.61 Å². The highest BCUT2D eigenvalue weighted by atomic mass is 16.5. The molecule has 0 amide bonds. The standard InChI is InChI=1S/C17H28N2O2/c1-2-13(5-3-7-16(19)20)6-4-8-21-15-11-17(12-15)9-14(18)10-17/h3-7,14-16,20H,2,8-12,18-19H2,1H3/b6-4-,7-3+,13-5-. The van der Waals surface area contributed by atoms with Gasteiger partial charge in [0.05, 0.1) is 12.7 Å². The van der Waals surface area contributed by atoms with Gasteiger partial charge in [-0.25, -0.2) is 0 Å². The molecule has 1 atom stereocenters. The molecule has 2 aliphatic rings. The van der Waals surface area contributed by atoms with Crippen molar-refractivity contribution >= 4 is 0 Å². The molecule has 0 saturated heterocycles. The van der Waals surface area contributed by atoms with Crippen LogP contribution in [-0.4, -0.2) is 30.1 Å². The van der Waals surface area contributed by atoms with Crippen LogP contribution in [0.4, 0.5) is 0 Å². The van der Waals surface area contributed by atoms with Crippen LogP contribution in [0.1, 0.15) is 39.0 Å². The Morgan fingerprint density at radius 2 is 2.10 bits per heavy atom. The van der Waals surface area contributed by atoms with E-state index in [-0.39, 0.29) is 0 Å². The lowest BCUT2D eigenvalue weighted by atomic mass is 9.53. The Morgan fingerprint density at radius 3 is 2.67 bits per heavy atom. The van der Waals surface area contributed by atoms with Crippen LogP contribution in [0, 0.1) is 5.41 Å². The maximum atomic E-state index is 8.95. The average Bonchev–Trinajstić information content (AvgIpc) is 2.36. The molecule has 2 saturated carbocycles. The Bertz CT molecular complexity index is 413. The summed E-state index contributed by atoms with van der Waals surface area (Å²) in [4.78, 5) is 0. The summed E-state index contributed by atoms with van der Waals surface area (Å²) >= 11 is 0. The van der Waals surface area contributed by atoms with Gasteiger partial charge in [0.1, 0.15) is 6.23 Å². The first-order valence-electron chi connectivity index (χ1n) is 7.88. The minimum atomic E-state index is -0.891. The van der Waals surface area contributed by atoms with Crippen molar-refractivity contribution in [1.82, 2.24) is 0 Å². The number of rotatable bonds is 7. The van der Waals surface area contributed by atoms with Gasteiger partial charge in [-0.3, -0.25) is 0 Å². The van der Waals surface area contributed by atoms with Gasteiger partial charge in [0.2, 0.25) is 0 Å². The highest BCUT2D eigenvalue weighted by Crippen LogP contribution is 2.56. The van der Waals surface area contributed by atoms with Gasteiger partial charge in [-0.2, -0.15) is 0 Å². The molecule has 4 heteroatoms. The highest BCUT2D eigenvalue weighted by Gasteiger charge is 2.52. The van der Waals surface area contributed by atoms with E-state index in [1.165, 1.54) is 31.3 Å². The summed E-state index contributed by atoms with van der Waals surface area (Å²) < 4.78 is 5.85. The SMILES string of the molecule is CCC(/C=C\COC1CC2(CC(N)C2)C1)=C/C=C/C(N)O. The van der Waals surface area contributed by atoms with Crippen molar-refractivity contribution < 1.29 is 9.84 Å². The number of allylic oxidation sites excluding steroid dienone is 4. The molecular formula is C17H28N2O2. The Labute approximate surface area is 127 Å². The van der Waals surface area contributed by atoms with E-state index in [2.05, 4.69) is 19.1 Å². The topological polar surface area (TPSA) is 81.5 Å². The van der Waals surface area contributed by atoms with Crippen LogP contribution in [0.3, 0.4) is 0 Å². The quantitative estimate of drug-likeness (QED) is 0.495. The molecule has 5 N–H and O–H groups in total. The molecule has 4 nitrogen and oxygen atoms in total. The van der Waals surface area contributed by atoms with Gasteiger partial charge >= 0.3 is 0 Å². The molecule has 0 aromatic heterocycles. The van der Waals surface area contributed by atoms with E-state index in [4.69, 9.17) is 21.3 Å². The maximum absolute atomic E-state index is 8.95. The number of nitrogens with two attached hydrogens (primary N) is 2. The van der Waals surface area contributed by atoms with Crippen molar-refractivity contribution in [2.24, 2.45) is 16.9 Å². The number of ether oxygens (including phenoxy) is 1. The van der Waals surface area contributed by atoms with Gasteiger partial charge in [0, 0.05) is 6.04 Å². The van der Waals surface area contributed by atoms with E-state index in [1.54, 1.807) is 12.2 Å². The molecule has 2 fully saturated rings. The Hall–Kier alpha value is -0.940. The van der Waals surface area contributed by atoms with E-state index in [1.807, 2.05) is 6.08 Å². The van der Waals surface area contributed by atoms with Gasteiger partial charge < -0.3 is 21.3 Å². The highest BCUT2D eigenvalue weighted by molar-refractivity contribution is 5.23. The van der Waals surface area contributed by atoms with Crippen LogP contribution in [0.25, 0.3) is 0 Å².